The van der Waals surface area contributed by atoms with Crippen molar-refractivity contribution in [3.05, 3.63) is 24.3 Å². The first-order chi connectivity index (χ1) is 19.5. The van der Waals surface area contributed by atoms with E-state index >= 15 is 0 Å². The molecular weight excluding hydrogens is 550 g/mol. The fraction of sp³-hybridized carbons (Fsp3) is 0.643. The Morgan fingerprint density at radius 1 is 1.20 bits per heavy atom. The molecule has 0 aliphatic carbocycles. The minimum absolute atomic E-state index is 0.0182. The van der Waals surface area contributed by atoms with E-state index in [0.717, 1.165) is 12.8 Å². The molecule has 0 radical (unpaired) electrons. The third kappa shape index (κ3) is 8.98. The maximum absolute atomic E-state index is 13.7. The lowest BCUT2D eigenvalue weighted by atomic mass is 9.90. The maximum Gasteiger partial charge on any atom is 0.242 e. The molecule has 1 aliphatic heterocycles. The van der Waals surface area contributed by atoms with Crippen molar-refractivity contribution in [1.29, 1.82) is 0 Å². The van der Waals surface area contributed by atoms with Gasteiger partial charge in [0.25, 0.3) is 0 Å². The van der Waals surface area contributed by atoms with E-state index in [1.165, 1.54) is 14.2 Å². The topological polar surface area (TPSA) is 160 Å². The number of nitrogens with one attached hydrogen (secondary N) is 2. The summed E-state index contributed by atoms with van der Waals surface area (Å²) in [6.07, 6.45) is 1.41. The van der Waals surface area contributed by atoms with Gasteiger partial charge in [0, 0.05) is 33.5 Å². The molecule has 0 bridgehead atoms. The van der Waals surface area contributed by atoms with E-state index in [2.05, 4.69) is 10.0 Å². The van der Waals surface area contributed by atoms with Crippen molar-refractivity contribution in [2.75, 3.05) is 40.1 Å². The van der Waals surface area contributed by atoms with E-state index in [0.29, 0.717) is 30.0 Å². The Morgan fingerprint density at radius 3 is 2.41 bits per heavy atom. The monoisotopic (exact) mass is 595 g/mol. The van der Waals surface area contributed by atoms with Gasteiger partial charge >= 0.3 is 0 Å². The Morgan fingerprint density at radius 2 is 1.85 bits per heavy atom. The van der Waals surface area contributed by atoms with E-state index in [1.807, 2.05) is 13.8 Å². The summed E-state index contributed by atoms with van der Waals surface area (Å²) in [6, 6.07) is 5.63. The summed E-state index contributed by atoms with van der Waals surface area (Å²) in [4.78, 5) is 53.8. The molecule has 1 heterocycles. The van der Waals surface area contributed by atoms with Crippen LogP contribution >= 0.6 is 0 Å². The highest BCUT2D eigenvalue weighted by Gasteiger charge is 2.42. The fourth-order valence-corrected chi connectivity index (χ4v) is 6.28. The predicted octanol–water partition coefficient (Wildman–Crippen LogP) is 1.07. The molecule has 1 saturated heterocycles. The normalized spacial score (nSPS) is 19.4. The van der Waals surface area contributed by atoms with Crippen molar-refractivity contribution in [2.45, 2.75) is 75.6 Å². The van der Waals surface area contributed by atoms with Crippen LogP contribution in [-0.2, 0) is 39.6 Å². The molecular formula is C28H45N5O7S. The van der Waals surface area contributed by atoms with Crippen LogP contribution in [0.1, 0.15) is 46.5 Å². The highest BCUT2D eigenvalue weighted by Crippen LogP contribution is 2.29. The standard InChI is InChI=1S/C28H45N5O7S/c1-7-18(2)26(32(4)25(36)16-30-17-34)23(39-5)15-24(35)33-14-8-9-22(33)27(40-6)19(3)28(37)31-41(38)21-12-10-20(29)11-13-21/h10-13,17-19,22-23,26-27H,7-9,14-16,29H2,1-6H3,(H,30,34)(H,31,37). The molecule has 7 unspecified atom stereocenters. The third-order valence-electron chi connectivity index (χ3n) is 7.93. The highest BCUT2D eigenvalue weighted by molar-refractivity contribution is 7.83. The molecule has 1 aromatic carbocycles. The lowest BCUT2D eigenvalue weighted by molar-refractivity contribution is -0.145. The van der Waals surface area contributed by atoms with Gasteiger partial charge in [0.05, 0.1) is 48.1 Å². The average Bonchev–Trinajstić information content (AvgIpc) is 3.45. The van der Waals surface area contributed by atoms with E-state index in [1.54, 1.807) is 48.0 Å². The number of nitrogen functional groups attached to an aromatic ring is 1. The average molecular weight is 596 g/mol. The summed E-state index contributed by atoms with van der Waals surface area (Å²) in [5.74, 6) is -1.59. The number of hydrogen-bond acceptors (Lipinski definition) is 8. The van der Waals surface area contributed by atoms with E-state index in [9.17, 15) is 23.4 Å². The zero-order valence-corrected chi connectivity index (χ0v) is 25.6. The van der Waals surface area contributed by atoms with Crippen LogP contribution in [0.2, 0.25) is 0 Å². The second-order valence-electron chi connectivity index (χ2n) is 10.4. The number of amides is 4. The van der Waals surface area contributed by atoms with Crippen molar-refractivity contribution < 1.29 is 32.9 Å². The Kier molecular flexibility index (Phi) is 13.7. The summed E-state index contributed by atoms with van der Waals surface area (Å²) in [5.41, 5.74) is 6.21. The smallest absolute Gasteiger partial charge is 0.242 e. The SMILES string of the molecule is CCC(C)C(C(CC(=O)N1CCCC1C(OC)C(C)C(=O)NS(=O)c1ccc(N)cc1)OC)N(C)C(=O)CNC=O. The van der Waals surface area contributed by atoms with Gasteiger partial charge in [-0.05, 0) is 43.0 Å². The Bertz CT molecular complexity index is 1060. The molecule has 4 N–H and O–H groups in total. The first-order valence-electron chi connectivity index (χ1n) is 13.9. The molecule has 1 aromatic rings. The molecule has 12 nitrogen and oxygen atoms in total. The molecule has 230 valence electrons. The molecule has 41 heavy (non-hydrogen) atoms. The maximum atomic E-state index is 13.7. The van der Waals surface area contributed by atoms with Gasteiger partial charge in [-0.1, -0.05) is 27.2 Å². The molecule has 1 fully saturated rings. The quantitative estimate of drug-likeness (QED) is 0.189. The number of likely N-dealkylation sites (N-methyl/N-ethyl adjacent to an activating group) is 1. The van der Waals surface area contributed by atoms with Crippen LogP contribution in [0.15, 0.2) is 29.2 Å². The van der Waals surface area contributed by atoms with Gasteiger partial charge in [0.1, 0.15) is 0 Å². The number of anilines is 1. The van der Waals surface area contributed by atoms with Crippen molar-refractivity contribution in [2.24, 2.45) is 11.8 Å². The summed E-state index contributed by atoms with van der Waals surface area (Å²) >= 11 is 0. The molecule has 4 amide bonds. The molecule has 0 spiro atoms. The minimum atomic E-state index is -1.77. The molecule has 2 rings (SSSR count). The molecule has 7 atom stereocenters. The number of carbonyl (C=O) groups excluding carboxylic acids is 4. The number of carbonyl (C=O) groups is 4. The highest BCUT2D eigenvalue weighted by atomic mass is 32.2. The van der Waals surface area contributed by atoms with Gasteiger partial charge in [-0.25, -0.2) is 4.21 Å². The second kappa shape index (κ2) is 16.4. The van der Waals surface area contributed by atoms with E-state index in [4.69, 9.17) is 15.2 Å². The molecule has 13 heteroatoms. The number of likely N-dealkylation sites (tertiary alicyclic amines) is 1. The number of nitrogens with zero attached hydrogens (tertiary/aromatic N) is 2. The predicted molar refractivity (Wildman–Crippen MR) is 156 cm³/mol. The van der Waals surface area contributed by atoms with Gasteiger partial charge < -0.3 is 30.3 Å². The van der Waals surface area contributed by atoms with Crippen LogP contribution in [0.5, 0.6) is 0 Å². The number of hydrogen-bond donors (Lipinski definition) is 3. The van der Waals surface area contributed by atoms with Crippen molar-refractivity contribution >= 4 is 40.8 Å². The van der Waals surface area contributed by atoms with Gasteiger partial charge in [-0.3, -0.25) is 23.9 Å². The van der Waals surface area contributed by atoms with E-state index in [-0.39, 0.29) is 36.7 Å². The van der Waals surface area contributed by atoms with Crippen molar-refractivity contribution in [1.82, 2.24) is 19.8 Å². The van der Waals surface area contributed by atoms with Gasteiger partial charge in [-0.2, -0.15) is 0 Å². The minimum Gasteiger partial charge on any atom is -0.399 e. The molecule has 1 aliphatic rings. The Hall–Kier alpha value is -3.03. The van der Waals surface area contributed by atoms with Crippen molar-refractivity contribution in [3.63, 3.8) is 0 Å². The van der Waals surface area contributed by atoms with E-state index < -0.39 is 41.1 Å². The second-order valence-corrected chi connectivity index (χ2v) is 11.7. The number of nitrogens with two attached hydrogens (primary N) is 1. The molecule has 0 saturated carbocycles. The van der Waals surface area contributed by atoms with Gasteiger partial charge in [0.2, 0.25) is 24.1 Å². The number of rotatable bonds is 16. The summed E-state index contributed by atoms with van der Waals surface area (Å²) in [5, 5.41) is 2.39. The van der Waals surface area contributed by atoms with Gasteiger partial charge in [0.15, 0.2) is 11.0 Å². The largest absolute Gasteiger partial charge is 0.399 e. The van der Waals surface area contributed by atoms with Crippen LogP contribution in [0, 0.1) is 11.8 Å². The first kappa shape index (κ1) is 34.2. The summed E-state index contributed by atoms with van der Waals surface area (Å²) in [7, 11) is 2.89. The van der Waals surface area contributed by atoms with Crippen LogP contribution in [0.25, 0.3) is 0 Å². The zero-order valence-electron chi connectivity index (χ0n) is 24.8. The van der Waals surface area contributed by atoms with Crippen LogP contribution < -0.4 is 15.8 Å². The Labute approximate surface area is 245 Å². The zero-order chi connectivity index (χ0) is 30.7. The van der Waals surface area contributed by atoms with Crippen LogP contribution in [0.3, 0.4) is 0 Å². The third-order valence-corrected chi connectivity index (χ3v) is 9.02. The molecule has 0 aromatic heterocycles. The number of benzene rings is 1. The van der Waals surface area contributed by atoms with Gasteiger partial charge in [-0.15, -0.1) is 0 Å². The summed E-state index contributed by atoms with van der Waals surface area (Å²) in [6.45, 7) is 6.03. The lowest BCUT2D eigenvalue weighted by Crippen LogP contribution is -2.54. The lowest BCUT2D eigenvalue weighted by Gasteiger charge is -2.39. The first-order valence-corrected chi connectivity index (χ1v) is 15.0. The summed E-state index contributed by atoms with van der Waals surface area (Å²) < 4.78 is 26.8. The number of ether oxygens (including phenoxy) is 2. The van der Waals surface area contributed by atoms with Crippen LogP contribution in [0.4, 0.5) is 5.69 Å². The van der Waals surface area contributed by atoms with Crippen LogP contribution in [-0.4, -0.2) is 96.8 Å². The fourth-order valence-electron chi connectivity index (χ4n) is 5.41. The van der Waals surface area contributed by atoms with Crippen molar-refractivity contribution in [3.8, 4) is 0 Å². The number of methoxy groups -OCH3 is 2. The Balaban J connectivity index is 2.16.